The lowest BCUT2D eigenvalue weighted by Crippen LogP contribution is -2.66. The van der Waals surface area contributed by atoms with Gasteiger partial charge in [-0.3, -0.25) is 28.9 Å². The number of likely N-dealkylation sites (N-methyl/N-ethyl adjacent to an activating group) is 1. The number of aldehydes is 1. The summed E-state index contributed by atoms with van der Waals surface area (Å²) < 4.78 is 24.8. The number of rotatable bonds is 37. The van der Waals surface area contributed by atoms with Gasteiger partial charge in [-0.05, 0) is 121 Å². The predicted molar refractivity (Wildman–Crippen MR) is 516 cm³/mol. The Labute approximate surface area is 728 Å². The maximum atomic E-state index is 12.9. The largest absolute Gasteiger partial charge is 0.469 e. The fraction of sp³-hybridized carbons (Fsp3) is 0.320. The van der Waals surface area contributed by atoms with Crippen LogP contribution in [0.3, 0.4) is 0 Å². The van der Waals surface area contributed by atoms with E-state index in [1.165, 1.54) is 69.5 Å². The number of esters is 1. The average molecular weight is 1710 g/mol. The summed E-state index contributed by atoms with van der Waals surface area (Å²) in [4.78, 5) is 65.8. The molecule has 0 unspecified atom stereocenters. The molecule has 0 atom stereocenters. The number of carbonyl (C=O) groups is 5. The van der Waals surface area contributed by atoms with E-state index in [2.05, 4.69) is 316 Å². The number of aliphatic hydroxyl groups excluding tert-OH is 1. The molecular formula is C103H135N2O12PSi3. The third-order valence-electron chi connectivity index (χ3n) is 20.1. The van der Waals surface area contributed by atoms with Crippen LogP contribution in [0.5, 0.6) is 0 Å². The van der Waals surface area contributed by atoms with E-state index in [-0.39, 0.29) is 59.1 Å². The molecular weight excluding hydrogens is 1570 g/mol. The molecule has 646 valence electrons. The van der Waals surface area contributed by atoms with E-state index in [9.17, 15) is 24.0 Å². The molecule has 0 aliphatic heterocycles. The Hall–Kier alpha value is -9.86. The SMILES string of the molecule is C.CC(C)(C)[Si](OCC/C=C/CCC=O)(c1ccccc1)c1ccccc1.CC(C)(C)[Si](OCC/C=C/CCO)(c1ccccc1)c1ccccc1.COC(=O)C/C=C/CC(C)=O.CON(C)C(=O)/C=C/CC/C=C/CCO[Si](c1ccccc1)(c1ccccc1)C(C)(C)C.CON(C)C(=O)C=P(c1ccccc1)(c1ccccc1)c1ccccc1. The number of hydrogen-bond acceptors (Lipinski definition) is 12. The van der Waals surface area contributed by atoms with Gasteiger partial charge in [-0.15, -0.1) is 0 Å². The maximum absolute atomic E-state index is 12.9. The van der Waals surface area contributed by atoms with Crippen molar-refractivity contribution in [1.29, 1.82) is 0 Å². The number of unbranched alkanes of at least 4 members (excludes halogenated alkanes) is 2. The molecule has 0 aromatic heterocycles. The van der Waals surface area contributed by atoms with Crippen LogP contribution in [0, 0.1) is 0 Å². The van der Waals surface area contributed by atoms with Crippen LogP contribution >= 0.6 is 6.89 Å². The summed E-state index contributed by atoms with van der Waals surface area (Å²) in [5.41, 5.74) is 0. The highest BCUT2D eigenvalue weighted by molar-refractivity contribution is 7.95. The van der Waals surface area contributed by atoms with Crippen LogP contribution in [0.25, 0.3) is 0 Å². The lowest BCUT2D eigenvalue weighted by molar-refractivity contribution is -0.162. The highest BCUT2D eigenvalue weighted by atomic mass is 31.2. The minimum Gasteiger partial charge on any atom is -0.469 e. The van der Waals surface area contributed by atoms with E-state index in [0.717, 1.165) is 60.7 Å². The summed E-state index contributed by atoms with van der Waals surface area (Å²) in [6, 6.07) is 95.0. The van der Waals surface area contributed by atoms with E-state index in [1.807, 2.05) is 72.5 Å². The number of aliphatic hydroxyl groups is 1. The minimum atomic E-state index is -2.46. The Balaban J connectivity index is 0.000000325. The van der Waals surface area contributed by atoms with Crippen LogP contribution in [0.2, 0.25) is 15.1 Å². The number of Topliss-reactive ketones (excluding diaryl/α,β-unsaturated/α-hetero) is 1. The molecule has 0 radical (unpaired) electrons. The number of amides is 2. The van der Waals surface area contributed by atoms with Crippen LogP contribution in [-0.2, 0) is 51.7 Å². The first-order valence-electron chi connectivity index (χ1n) is 41.4. The number of nitrogens with zero attached hydrogens (tertiary/aromatic N) is 2. The minimum absolute atomic E-state index is 0. The first kappa shape index (κ1) is 103. The van der Waals surface area contributed by atoms with Gasteiger partial charge in [0.15, 0.2) is 0 Å². The number of hydroxylamine groups is 4. The van der Waals surface area contributed by atoms with Crippen LogP contribution in [0.15, 0.2) is 334 Å². The molecule has 0 heterocycles. The average Bonchev–Trinajstić information content (AvgIpc) is 0.748. The van der Waals surface area contributed by atoms with Gasteiger partial charge in [-0.1, -0.05) is 397 Å². The Bertz CT molecular complexity index is 4370. The topological polar surface area (TPSA) is 167 Å². The Morgan fingerprint density at radius 1 is 0.355 bits per heavy atom. The second kappa shape index (κ2) is 55.2. The first-order chi connectivity index (χ1) is 57.7. The number of methoxy groups -OCH3 is 1. The van der Waals surface area contributed by atoms with E-state index in [1.54, 1.807) is 32.3 Å². The van der Waals surface area contributed by atoms with Crippen LogP contribution in [-0.4, -0.2) is 138 Å². The summed E-state index contributed by atoms with van der Waals surface area (Å²) in [5.74, 6) is 1.33. The third kappa shape index (κ3) is 31.8. The number of benzene rings is 9. The molecule has 0 saturated carbocycles. The molecule has 0 aliphatic rings. The number of carbonyl (C=O) groups excluding carboxylic acids is 5. The van der Waals surface area contributed by atoms with Crippen LogP contribution in [0.1, 0.15) is 141 Å². The van der Waals surface area contributed by atoms with Crippen molar-refractivity contribution in [2.24, 2.45) is 0 Å². The molecule has 0 aliphatic carbocycles. The monoisotopic (exact) mass is 1710 g/mol. The van der Waals surface area contributed by atoms with Crippen molar-refractivity contribution in [3.05, 3.63) is 334 Å². The van der Waals surface area contributed by atoms with Crippen LogP contribution < -0.4 is 47.0 Å². The number of ketones is 1. The van der Waals surface area contributed by atoms with Crippen molar-refractivity contribution in [1.82, 2.24) is 10.1 Å². The van der Waals surface area contributed by atoms with Gasteiger partial charge in [0.2, 0.25) is 0 Å². The second-order valence-corrected chi connectivity index (χ2v) is 47.8. The van der Waals surface area contributed by atoms with Crippen molar-refractivity contribution in [2.45, 2.75) is 156 Å². The molecule has 9 rings (SSSR count). The summed E-state index contributed by atoms with van der Waals surface area (Å²) in [7, 11) is 0.266. The van der Waals surface area contributed by atoms with Gasteiger partial charge in [-0.25, -0.2) is 10.1 Å². The van der Waals surface area contributed by atoms with Gasteiger partial charge >= 0.3 is 5.97 Å². The van der Waals surface area contributed by atoms with Crippen molar-refractivity contribution in [3.63, 3.8) is 0 Å². The normalized spacial score (nSPS) is 11.9. The van der Waals surface area contributed by atoms with Crippen molar-refractivity contribution >= 4 is 115 Å². The zero-order chi connectivity index (χ0) is 87.6. The first-order valence-corrected chi connectivity index (χ1v) is 49.0. The van der Waals surface area contributed by atoms with Gasteiger partial charge in [0.25, 0.3) is 36.8 Å². The second-order valence-electron chi connectivity index (χ2n) is 31.6. The smallest absolute Gasteiger partial charge is 0.309 e. The van der Waals surface area contributed by atoms with Crippen LogP contribution in [0.4, 0.5) is 0 Å². The molecule has 14 nitrogen and oxygen atoms in total. The fourth-order valence-electron chi connectivity index (χ4n) is 14.2. The van der Waals surface area contributed by atoms with Crippen molar-refractivity contribution in [2.75, 3.05) is 61.9 Å². The summed E-state index contributed by atoms with van der Waals surface area (Å²) in [5, 5.41) is 22.6. The van der Waals surface area contributed by atoms with E-state index >= 15 is 0 Å². The predicted octanol–water partition coefficient (Wildman–Crippen LogP) is 17.8. The van der Waals surface area contributed by atoms with E-state index < -0.39 is 31.8 Å². The highest BCUT2D eigenvalue weighted by Crippen LogP contribution is 2.44. The van der Waals surface area contributed by atoms with Gasteiger partial charge in [0, 0.05) is 65.2 Å². The molecule has 2 amide bonds. The van der Waals surface area contributed by atoms with Gasteiger partial charge in [-0.2, -0.15) is 0 Å². The summed E-state index contributed by atoms with van der Waals surface area (Å²) in [6.07, 6.45) is 27.4. The Morgan fingerprint density at radius 2 is 0.612 bits per heavy atom. The number of hydrogen-bond donors (Lipinski definition) is 1. The number of allylic oxidation sites excluding steroid dienone is 4. The summed E-state index contributed by atoms with van der Waals surface area (Å²) in [6.45, 7) is 22.1. The number of ether oxygens (including phenoxy) is 1. The fourth-order valence-corrected chi connectivity index (χ4v) is 31.7. The summed E-state index contributed by atoms with van der Waals surface area (Å²) >= 11 is 0. The third-order valence-corrected chi connectivity index (χ3v) is 39.2. The lowest BCUT2D eigenvalue weighted by atomic mass is 10.2. The quantitative estimate of drug-likeness (QED) is 0.00573. The van der Waals surface area contributed by atoms with Gasteiger partial charge < -0.3 is 27.9 Å². The molecule has 121 heavy (non-hydrogen) atoms. The van der Waals surface area contributed by atoms with E-state index in [4.69, 9.17) is 28.1 Å². The van der Waals surface area contributed by atoms with Gasteiger partial charge in [0.1, 0.15) is 12.1 Å². The van der Waals surface area contributed by atoms with E-state index in [0.29, 0.717) is 39.1 Å². The Morgan fingerprint density at radius 3 is 0.876 bits per heavy atom. The van der Waals surface area contributed by atoms with Crippen molar-refractivity contribution in [3.8, 4) is 0 Å². The molecule has 0 saturated heterocycles. The standard InChI is InChI=1S/C27H37NO3Si.C23H30O2Si.C22H22NO2P.C22H30O2Si.C8H12O3.CH4/c1-27(2,3)32(24-18-12-10-13-19-24,25-20-14-11-15-21-25)31-23-17-9-7-6-8-16-22-26(29)28(4)30-5;1-23(2,3)26(21-15-9-7-10-16-21,22-17-11-8-12-18-22)25-20-14-6-4-5-13-19-24;1-23(25-2)22(24)18-26(19-12-6-3-7-13-19,20-14-8-4-9-15-20)21-16-10-5-11-17-21;1-22(2,3)25(20-14-8-6-9-15-20,21-16-10-7-11-17-21)24-19-13-5-4-12-18-23;1-7(9)5-3-4-6-8(10)11-2;/h7,9-16,18-22H,6,8,17,23H2,1-5H3;4,6-12,15-19H,5,13-14,20H2,1-3H3;3-18H,1-2H3;4-11,14-17,23H,12-13,18-19H2,1-3H3;3-4H,5-6H2,1-2H3;1H4/b9-7+,22-16+;6-4+;;5-4+;4-3+;. The molecule has 9 aromatic rings. The van der Waals surface area contributed by atoms with Gasteiger partial charge in [0.05, 0.1) is 27.8 Å². The molecule has 0 spiro atoms. The highest BCUT2D eigenvalue weighted by Gasteiger charge is 2.52. The molecule has 1 N–H and O–H groups in total. The lowest BCUT2D eigenvalue weighted by Gasteiger charge is -2.43. The molecule has 9 aromatic carbocycles. The molecule has 18 heteroatoms. The zero-order valence-electron chi connectivity index (χ0n) is 73.6. The zero-order valence-corrected chi connectivity index (χ0v) is 77.5. The van der Waals surface area contributed by atoms with Crippen molar-refractivity contribution < 1.29 is 56.8 Å². The molecule has 0 bridgehead atoms. The molecule has 0 fully saturated rings. The Kier molecular flexibility index (Phi) is 47.2. The maximum Gasteiger partial charge on any atom is 0.309 e.